The second kappa shape index (κ2) is 15.2. The van der Waals surface area contributed by atoms with Gasteiger partial charge in [0.05, 0.1) is 12.5 Å². The van der Waals surface area contributed by atoms with Gasteiger partial charge >= 0.3 is 11.9 Å². The van der Waals surface area contributed by atoms with Crippen LogP contribution in [0.5, 0.6) is 0 Å². The highest BCUT2D eigenvalue weighted by Crippen LogP contribution is 2.08. The molecule has 1 rings (SSSR count). The van der Waals surface area contributed by atoms with Gasteiger partial charge < -0.3 is 37.6 Å². The van der Waals surface area contributed by atoms with Crippen LogP contribution in [0.3, 0.4) is 0 Å². The molecule has 0 saturated heterocycles. The van der Waals surface area contributed by atoms with Crippen LogP contribution in [-0.4, -0.2) is 69.9 Å². The molecule has 37 heavy (non-hydrogen) atoms. The first-order valence-corrected chi connectivity index (χ1v) is 11.7. The summed E-state index contributed by atoms with van der Waals surface area (Å²) in [4.78, 5) is 72.4. The average molecular weight is 522 g/mol. The van der Waals surface area contributed by atoms with Gasteiger partial charge in [0.2, 0.25) is 23.6 Å². The molecule has 4 amide bonds. The second-order valence-corrected chi connectivity index (χ2v) is 9.05. The molecule has 0 heterocycles. The van der Waals surface area contributed by atoms with Crippen molar-refractivity contribution in [1.82, 2.24) is 16.0 Å². The van der Waals surface area contributed by atoms with Crippen LogP contribution in [0.2, 0.25) is 0 Å². The molecular formula is C24H35N5O8. The summed E-state index contributed by atoms with van der Waals surface area (Å²) in [6, 6.07) is 3.27. The number of hydrogen-bond donors (Lipinski definition) is 7. The number of rotatable bonds is 16. The maximum absolute atomic E-state index is 13.1. The van der Waals surface area contributed by atoms with Gasteiger partial charge in [0, 0.05) is 12.8 Å². The number of benzene rings is 1. The molecule has 0 bridgehead atoms. The van der Waals surface area contributed by atoms with Crippen molar-refractivity contribution in [3.8, 4) is 0 Å². The Hall–Kier alpha value is -4.00. The van der Waals surface area contributed by atoms with Crippen LogP contribution in [-0.2, 0) is 35.2 Å². The van der Waals surface area contributed by atoms with Gasteiger partial charge in [0.1, 0.15) is 18.1 Å². The van der Waals surface area contributed by atoms with Crippen LogP contribution < -0.4 is 27.4 Å². The summed E-state index contributed by atoms with van der Waals surface area (Å²) in [5.74, 6) is -6.07. The molecule has 0 radical (unpaired) electrons. The lowest BCUT2D eigenvalue weighted by Gasteiger charge is -2.25. The Kier molecular flexibility index (Phi) is 12.7. The molecule has 13 heteroatoms. The van der Waals surface area contributed by atoms with E-state index in [-0.39, 0.29) is 31.6 Å². The average Bonchev–Trinajstić information content (AvgIpc) is 2.80. The number of primary amides is 1. The van der Waals surface area contributed by atoms with Gasteiger partial charge in [-0.3, -0.25) is 24.0 Å². The van der Waals surface area contributed by atoms with Crippen molar-refractivity contribution >= 4 is 35.6 Å². The first-order valence-electron chi connectivity index (χ1n) is 11.7. The minimum absolute atomic E-state index is 0.0204. The smallest absolute Gasteiger partial charge is 0.326 e. The molecule has 4 unspecified atom stereocenters. The zero-order valence-electron chi connectivity index (χ0n) is 20.8. The normalized spacial score (nSPS) is 14.1. The van der Waals surface area contributed by atoms with E-state index in [1.54, 1.807) is 44.2 Å². The Morgan fingerprint density at radius 2 is 1.38 bits per heavy atom. The fourth-order valence-corrected chi connectivity index (χ4v) is 3.39. The quantitative estimate of drug-likeness (QED) is 0.139. The number of carbonyl (C=O) groups is 6. The minimum atomic E-state index is -1.61. The fourth-order valence-electron chi connectivity index (χ4n) is 3.39. The van der Waals surface area contributed by atoms with Crippen molar-refractivity contribution in [2.45, 2.75) is 70.1 Å². The summed E-state index contributed by atoms with van der Waals surface area (Å²) in [5.41, 5.74) is 11.5. The SMILES string of the molecule is CC(C)CC(NC(=O)C(CC(=O)O)NC(=O)C(Cc1ccccc1)NC(=O)C(N)CCC(N)=O)C(=O)O. The van der Waals surface area contributed by atoms with Gasteiger partial charge in [-0.25, -0.2) is 4.79 Å². The van der Waals surface area contributed by atoms with E-state index in [2.05, 4.69) is 16.0 Å². The molecule has 0 aliphatic heterocycles. The molecule has 1 aromatic carbocycles. The molecular weight excluding hydrogens is 486 g/mol. The van der Waals surface area contributed by atoms with Crippen LogP contribution in [0.15, 0.2) is 30.3 Å². The van der Waals surface area contributed by atoms with Crippen molar-refractivity contribution in [1.29, 1.82) is 0 Å². The minimum Gasteiger partial charge on any atom is -0.481 e. The number of nitrogens with two attached hydrogens (primary N) is 2. The second-order valence-electron chi connectivity index (χ2n) is 9.05. The topological polar surface area (TPSA) is 231 Å². The predicted molar refractivity (Wildman–Crippen MR) is 132 cm³/mol. The Morgan fingerprint density at radius 3 is 1.89 bits per heavy atom. The van der Waals surface area contributed by atoms with Gasteiger partial charge in [-0.2, -0.15) is 0 Å². The number of carboxylic acid groups (broad SMARTS) is 2. The molecule has 0 aliphatic rings. The van der Waals surface area contributed by atoms with E-state index in [9.17, 15) is 39.0 Å². The lowest BCUT2D eigenvalue weighted by atomic mass is 10.0. The maximum Gasteiger partial charge on any atom is 0.326 e. The molecule has 0 fully saturated rings. The molecule has 13 nitrogen and oxygen atoms in total. The van der Waals surface area contributed by atoms with E-state index in [1.165, 1.54) is 0 Å². The van der Waals surface area contributed by atoms with Gasteiger partial charge in [-0.05, 0) is 24.3 Å². The van der Waals surface area contributed by atoms with Gasteiger partial charge in [-0.1, -0.05) is 44.2 Å². The van der Waals surface area contributed by atoms with E-state index >= 15 is 0 Å². The highest BCUT2D eigenvalue weighted by molar-refractivity contribution is 5.95. The van der Waals surface area contributed by atoms with Crippen LogP contribution in [0.1, 0.15) is 45.1 Å². The van der Waals surface area contributed by atoms with E-state index in [1.807, 2.05) is 0 Å². The van der Waals surface area contributed by atoms with Crippen molar-refractivity contribution < 1.29 is 39.0 Å². The monoisotopic (exact) mass is 521 g/mol. The maximum atomic E-state index is 13.1. The molecule has 0 spiro atoms. The third-order valence-corrected chi connectivity index (χ3v) is 5.29. The first kappa shape index (κ1) is 31.0. The molecule has 204 valence electrons. The van der Waals surface area contributed by atoms with E-state index in [4.69, 9.17) is 11.5 Å². The predicted octanol–water partition coefficient (Wildman–Crippen LogP) is -1.12. The summed E-state index contributed by atoms with van der Waals surface area (Å²) in [6.45, 7) is 3.51. The van der Waals surface area contributed by atoms with Crippen LogP contribution in [0.25, 0.3) is 0 Å². The van der Waals surface area contributed by atoms with Crippen molar-refractivity contribution in [2.75, 3.05) is 0 Å². The Bertz CT molecular complexity index is 969. The molecule has 0 aliphatic carbocycles. The largest absolute Gasteiger partial charge is 0.481 e. The molecule has 0 aromatic heterocycles. The Labute approximate surface area is 214 Å². The summed E-state index contributed by atoms with van der Waals surface area (Å²) in [6.07, 6.45) is -0.961. The lowest BCUT2D eigenvalue weighted by Crippen LogP contribution is -2.58. The molecule has 1 aromatic rings. The van der Waals surface area contributed by atoms with E-state index in [0.29, 0.717) is 5.56 Å². The number of carbonyl (C=O) groups excluding carboxylic acids is 4. The number of hydrogen-bond acceptors (Lipinski definition) is 7. The standard InChI is InChI=1S/C24H35N5O8/c1-13(2)10-18(24(36)37)29-23(35)17(12-20(31)32)28-22(34)16(11-14-6-4-3-5-7-14)27-21(33)15(25)8-9-19(26)30/h3-7,13,15-18H,8-12,25H2,1-2H3,(H2,26,30)(H,27,33)(H,28,34)(H,29,35)(H,31,32)(H,36,37). The van der Waals surface area contributed by atoms with E-state index in [0.717, 1.165) is 0 Å². The Balaban J connectivity index is 3.10. The van der Waals surface area contributed by atoms with Gasteiger partial charge in [0.25, 0.3) is 0 Å². The number of amides is 4. The summed E-state index contributed by atoms with van der Waals surface area (Å²) < 4.78 is 0. The van der Waals surface area contributed by atoms with Crippen LogP contribution >= 0.6 is 0 Å². The lowest BCUT2D eigenvalue weighted by molar-refractivity contribution is -0.144. The number of aliphatic carboxylic acids is 2. The van der Waals surface area contributed by atoms with Gasteiger partial charge in [0.15, 0.2) is 0 Å². The number of carboxylic acids is 2. The van der Waals surface area contributed by atoms with Crippen molar-refractivity contribution in [2.24, 2.45) is 17.4 Å². The summed E-state index contributed by atoms with van der Waals surface area (Å²) in [7, 11) is 0. The fraction of sp³-hybridized carbons (Fsp3) is 0.500. The zero-order valence-corrected chi connectivity index (χ0v) is 20.8. The van der Waals surface area contributed by atoms with Gasteiger partial charge in [-0.15, -0.1) is 0 Å². The molecule has 4 atom stereocenters. The third kappa shape index (κ3) is 12.0. The molecule has 9 N–H and O–H groups in total. The number of nitrogens with one attached hydrogen (secondary N) is 3. The van der Waals surface area contributed by atoms with Crippen LogP contribution in [0, 0.1) is 5.92 Å². The van der Waals surface area contributed by atoms with Crippen molar-refractivity contribution in [3.63, 3.8) is 0 Å². The van der Waals surface area contributed by atoms with Crippen LogP contribution in [0.4, 0.5) is 0 Å². The summed E-state index contributed by atoms with van der Waals surface area (Å²) in [5, 5.41) is 25.7. The summed E-state index contributed by atoms with van der Waals surface area (Å²) >= 11 is 0. The highest BCUT2D eigenvalue weighted by Gasteiger charge is 2.32. The first-order chi connectivity index (χ1) is 17.3. The zero-order chi connectivity index (χ0) is 28.1. The van der Waals surface area contributed by atoms with Crippen molar-refractivity contribution in [3.05, 3.63) is 35.9 Å². The van der Waals surface area contributed by atoms with E-state index < -0.39 is 66.2 Å². The highest BCUT2D eigenvalue weighted by atomic mass is 16.4. The molecule has 0 saturated carbocycles. The third-order valence-electron chi connectivity index (χ3n) is 5.29. The Morgan fingerprint density at radius 1 is 0.838 bits per heavy atom.